The van der Waals surface area contributed by atoms with Gasteiger partial charge in [-0.3, -0.25) is 0 Å². The number of amides is 2. The molecule has 1 aromatic carbocycles. The molecule has 1 atom stereocenters. The van der Waals surface area contributed by atoms with Crippen molar-refractivity contribution in [3.05, 3.63) is 22.7 Å². The van der Waals surface area contributed by atoms with Crippen molar-refractivity contribution in [2.24, 2.45) is 0 Å². The first-order valence-corrected chi connectivity index (χ1v) is 6.90. The Morgan fingerprint density at radius 2 is 2.10 bits per heavy atom. The van der Waals surface area contributed by atoms with Gasteiger partial charge in [-0.25, -0.2) is 9.59 Å². The van der Waals surface area contributed by atoms with Gasteiger partial charge >= 0.3 is 12.0 Å². The van der Waals surface area contributed by atoms with Crippen LogP contribution in [-0.2, 0) is 4.79 Å². The molecule has 7 heteroatoms. The standard InChI is InChI=1S/C13H17BrN2O4/c1-3-4-11(12(17)18)16-13(19)15-9-5-8(14)6-10(7-9)20-2/h5-7,11H,3-4H2,1-2H3,(H,17,18)(H2,15,16,19)/t11-/m0/s1. The highest BCUT2D eigenvalue weighted by Crippen LogP contribution is 2.24. The minimum Gasteiger partial charge on any atom is -0.497 e. The van der Waals surface area contributed by atoms with Gasteiger partial charge in [-0.15, -0.1) is 0 Å². The Balaban J connectivity index is 2.70. The Kier molecular flexibility index (Phi) is 6.30. The Morgan fingerprint density at radius 1 is 1.40 bits per heavy atom. The number of hydrogen-bond acceptors (Lipinski definition) is 3. The second-order valence-electron chi connectivity index (χ2n) is 4.16. The third kappa shape index (κ3) is 5.08. The van der Waals surface area contributed by atoms with Crippen molar-refractivity contribution in [3.8, 4) is 5.75 Å². The number of benzene rings is 1. The van der Waals surface area contributed by atoms with Crippen LogP contribution in [0.4, 0.5) is 10.5 Å². The Hall–Kier alpha value is -1.76. The number of halogens is 1. The van der Waals surface area contributed by atoms with Gasteiger partial charge in [0.1, 0.15) is 11.8 Å². The fraction of sp³-hybridized carbons (Fsp3) is 0.385. The molecule has 0 fully saturated rings. The summed E-state index contributed by atoms with van der Waals surface area (Å²) in [7, 11) is 1.52. The van der Waals surface area contributed by atoms with E-state index in [4.69, 9.17) is 9.84 Å². The molecule has 0 spiro atoms. The fourth-order valence-electron chi connectivity index (χ4n) is 1.62. The summed E-state index contributed by atoms with van der Waals surface area (Å²) in [6.07, 6.45) is 1.05. The first-order chi connectivity index (χ1) is 9.46. The van der Waals surface area contributed by atoms with E-state index in [1.165, 1.54) is 7.11 Å². The van der Waals surface area contributed by atoms with Crippen molar-refractivity contribution in [2.45, 2.75) is 25.8 Å². The lowest BCUT2D eigenvalue weighted by molar-refractivity contribution is -0.139. The van der Waals surface area contributed by atoms with E-state index in [9.17, 15) is 9.59 Å². The van der Waals surface area contributed by atoms with E-state index in [1.807, 2.05) is 6.92 Å². The molecule has 0 aliphatic carbocycles. The quantitative estimate of drug-likeness (QED) is 0.740. The highest BCUT2D eigenvalue weighted by atomic mass is 79.9. The predicted molar refractivity (Wildman–Crippen MR) is 79.2 cm³/mol. The van der Waals surface area contributed by atoms with E-state index < -0.39 is 18.0 Å². The van der Waals surface area contributed by atoms with E-state index in [2.05, 4.69) is 26.6 Å². The molecule has 0 radical (unpaired) electrons. The van der Waals surface area contributed by atoms with Crippen LogP contribution in [0.25, 0.3) is 0 Å². The van der Waals surface area contributed by atoms with Gasteiger partial charge in [-0.2, -0.15) is 0 Å². The van der Waals surface area contributed by atoms with Gasteiger partial charge in [0, 0.05) is 16.2 Å². The highest BCUT2D eigenvalue weighted by Gasteiger charge is 2.18. The third-order valence-electron chi connectivity index (χ3n) is 2.55. The number of rotatable bonds is 6. The van der Waals surface area contributed by atoms with Crippen LogP contribution < -0.4 is 15.4 Å². The van der Waals surface area contributed by atoms with E-state index in [0.29, 0.717) is 24.3 Å². The molecule has 0 saturated heterocycles. The minimum atomic E-state index is -1.05. The van der Waals surface area contributed by atoms with Gasteiger partial charge in [0.2, 0.25) is 0 Å². The average molecular weight is 345 g/mol. The summed E-state index contributed by atoms with van der Waals surface area (Å²) in [6.45, 7) is 1.86. The molecule has 110 valence electrons. The molecule has 2 amide bonds. The number of urea groups is 1. The molecular formula is C13H17BrN2O4. The van der Waals surface area contributed by atoms with Crippen LogP contribution in [-0.4, -0.2) is 30.3 Å². The van der Waals surface area contributed by atoms with E-state index in [0.717, 1.165) is 4.47 Å². The number of carboxylic acids is 1. The molecule has 3 N–H and O–H groups in total. The Morgan fingerprint density at radius 3 is 2.65 bits per heavy atom. The van der Waals surface area contributed by atoms with Crippen molar-refractivity contribution in [3.63, 3.8) is 0 Å². The topological polar surface area (TPSA) is 87.7 Å². The van der Waals surface area contributed by atoms with Gasteiger partial charge in [0.15, 0.2) is 0 Å². The summed E-state index contributed by atoms with van der Waals surface area (Å²) >= 11 is 3.30. The average Bonchev–Trinajstić information content (AvgIpc) is 2.37. The molecule has 1 aromatic rings. The number of carbonyl (C=O) groups is 2. The van der Waals surface area contributed by atoms with Crippen LogP contribution >= 0.6 is 15.9 Å². The van der Waals surface area contributed by atoms with Crippen LogP contribution in [0, 0.1) is 0 Å². The maximum Gasteiger partial charge on any atom is 0.326 e. The zero-order chi connectivity index (χ0) is 15.1. The normalized spacial score (nSPS) is 11.6. The lowest BCUT2D eigenvalue weighted by Gasteiger charge is -2.14. The molecule has 0 unspecified atom stereocenters. The summed E-state index contributed by atoms with van der Waals surface area (Å²) in [5.41, 5.74) is 0.509. The summed E-state index contributed by atoms with van der Waals surface area (Å²) in [6, 6.07) is 3.62. The molecule has 6 nitrogen and oxygen atoms in total. The molecule has 0 aliphatic rings. The molecule has 0 saturated carbocycles. The van der Waals surface area contributed by atoms with Crippen molar-refractivity contribution < 1.29 is 19.4 Å². The van der Waals surface area contributed by atoms with Gasteiger partial charge in [0.25, 0.3) is 0 Å². The van der Waals surface area contributed by atoms with Crippen LogP contribution in [0.5, 0.6) is 5.75 Å². The molecule has 0 heterocycles. The van der Waals surface area contributed by atoms with Crippen LogP contribution in [0.3, 0.4) is 0 Å². The molecule has 20 heavy (non-hydrogen) atoms. The summed E-state index contributed by atoms with van der Waals surface area (Å²) < 4.78 is 5.83. The van der Waals surface area contributed by atoms with E-state index in [-0.39, 0.29) is 0 Å². The van der Waals surface area contributed by atoms with Gasteiger partial charge < -0.3 is 20.5 Å². The van der Waals surface area contributed by atoms with Crippen molar-refractivity contribution in [1.82, 2.24) is 5.32 Å². The lowest BCUT2D eigenvalue weighted by atomic mass is 10.2. The first kappa shape index (κ1) is 16.3. The van der Waals surface area contributed by atoms with Gasteiger partial charge in [-0.05, 0) is 18.6 Å². The van der Waals surface area contributed by atoms with Gasteiger partial charge in [0.05, 0.1) is 7.11 Å². The second kappa shape index (κ2) is 7.74. The number of carboxylic acid groups (broad SMARTS) is 1. The van der Waals surface area contributed by atoms with Crippen LogP contribution in [0.1, 0.15) is 19.8 Å². The second-order valence-corrected chi connectivity index (χ2v) is 5.07. The largest absolute Gasteiger partial charge is 0.497 e. The van der Waals surface area contributed by atoms with Crippen molar-refractivity contribution in [1.29, 1.82) is 0 Å². The highest BCUT2D eigenvalue weighted by molar-refractivity contribution is 9.10. The monoisotopic (exact) mass is 344 g/mol. The van der Waals surface area contributed by atoms with E-state index in [1.54, 1.807) is 18.2 Å². The summed E-state index contributed by atoms with van der Waals surface area (Å²) in [5.74, 6) is -0.466. The van der Waals surface area contributed by atoms with Crippen LogP contribution in [0.2, 0.25) is 0 Å². The zero-order valence-electron chi connectivity index (χ0n) is 11.3. The number of nitrogens with one attached hydrogen (secondary N) is 2. The molecular weight excluding hydrogens is 328 g/mol. The first-order valence-electron chi connectivity index (χ1n) is 6.11. The minimum absolute atomic E-state index is 0.380. The molecule has 0 aromatic heterocycles. The van der Waals surface area contributed by atoms with Crippen LogP contribution in [0.15, 0.2) is 22.7 Å². The Labute approximate surface area is 125 Å². The number of hydrogen-bond donors (Lipinski definition) is 3. The SMILES string of the molecule is CCC[C@H](NC(=O)Nc1cc(Br)cc(OC)c1)C(=O)O. The zero-order valence-corrected chi connectivity index (χ0v) is 12.9. The number of aliphatic carboxylic acids is 1. The molecule has 0 bridgehead atoms. The van der Waals surface area contributed by atoms with Crippen molar-refractivity contribution >= 4 is 33.6 Å². The number of methoxy groups -OCH3 is 1. The summed E-state index contributed by atoms with van der Waals surface area (Å²) in [4.78, 5) is 22.7. The summed E-state index contributed by atoms with van der Waals surface area (Å²) in [5, 5.41) is 14.0. The number of carbonyl (C=O) groups excluding carboxylic acids is 1. The molecule has 1 rings (SSSR count). The fourth-order valence-corrected chi connectivity index (χ4v) is 2.10. The smallest absolute Gasteiger partial charge is 0.326 e. The van der Waals surface area contributed by atoms with Crippen molar-refractivity contribution in [2.75, 3.05) is 12.4 Å². The van der Waals surface area contributed by atoms with Gasteiger partial charge in [-0.1, -0.05) is 29.3 Å². The number of anilines is 1. The molecule has 0 aliphatic heterocycles. The number of ether oxygens (including phenoxy) is 1. The lowest BCUT2D eigenvalue weighted by Crippen LogP contribution is -2.42. The Bertz CT molecular complexity index is 493. The predicted octanol–water partition coefficient (Wildman–Crippen LogP) is 2.83. The van der Waals surface area contributed by atoms with E-state index >= 15 is 0 Å². The maximum atomic E-state index is 11.8. The maximum absolute atomic E-state index is 11.8. The third-order valence-corrected chi connectivity index (χ3v) is 3.00.